The van der Waals surface area contributed by atoms with Crippen LogP contribution in [0, 0.1) is 5.41 Å². The van der Waals surface area contributed by atoms with Gasteiger partial charge < -0.3 is 15.9 Å². The van der Waals surface area contributed by atoms with Gasteiger partial charge in [0, 0.05) is 12.6 Å². The van der Waals surface area contributed by atoms with Crippen molar-refractivity contribution in [3.05, 3.63) is 24.3 Å². The van der Waals surface area contributed by atoms with Crippen LogP contribution in [0.25, 0.3) is 0 Å². The summed E-state index contributed by atoms with van der Waals surface area (Å²) in [5.74, 6) is -4.63. The fourth-order valence-corrected chi connectivity index (χ4v) is 3.14. The third-order valence-electron chi connectivity index (χ3n) is 2.86. The number of carboxylic acid groups (broad SMARTS) is 2. The molecule has 0 spiro atoms. The first-order chi connectivity index (χ1) is 9.41. The van der Waals surface area contributed by atoms with Gasteiger partial charge in [0.25, 0.3) is 10.1 Å². The molecule has 5 N–H and O–H groups in total. The summed E-state index contributed by atoms with van der Waals surface area (Å²) in [5, 5.41) is 15.3. The summed E-state index contributed by atoms with van der Waals surface area (Å²) in [4.78, 5) is 33.6. The van der Waals surface area contributed by atoms with Gasteiger partial charge in [0.05, 0.1) is 11.0 Å². The molecule has 0 rings (SSSR count). The van der Waals surface area contributed by atoms with Crippen LogP contribution >= 0.6 is 0 Å². The fraction of sp³-hybridized carbons (Fsp3) is 0.364. The minimum atomic E-state index is -5.14. The Hall–Kier alpha value is -1.04. The molecule has 0 amide bonds. The van der Waals surface area contributed by atoms with Gasteiger partial charge in [0.2, 0.25) is 0 Å². The standard InChI is InChI=1S/C11H15NO8S.Na.H/c1-3-7(13)11(2,5-12)9(21(18,19)20)6(10(16)17)4-8(14)15;;/h3-4,9H,1,5,12H2,2H3,(H,14,15)(H,16,17)(H,18,19,20);;/b6-4-;;. The van der Waals surface area contributed by atoms with Crippen molar-refractivity contribution in [1.29, 1.82) is 0 Å². The molecule has 0 aromatic carbocycles. The third kappa shape index (κ3) is 5.30. The van der Waals surface area contributed by atoms with E-state index in [9.17, 15) is 27.4 Å². The van der Waals surface area contributed by atoms with E-state index in [4.69, 9.17) is 15.9 Å². The molecule has 11 heteroatoms. The number of hydrogen-bond acceptors (Lipinski definition) is 6. The molecule has 0 aliphatic heterocycles. The molecule has 0 saturated heterocycles. The molecular weight excluding hydrogens is 329 g/mol. The number of ketones is 1. The number of carbonyl (C=O) groups is 3. The Kier molecular flexibility index (Phi) is 9.03. The van der Waals surface area contributed by atoms with E-state index >= 15 is 0 Å². The van der Waals surface area contributed by atoms with Crippen molar-refractivity contribution in [2.75, 3.05) is 6.54 Å². The summed E-state index contributed by atoms with van der Waals surface area (Å²) in [6, 6.07) is 0. The van der Waals surface area contributed by atoms with E-state index in [-0.39, 0.29) is 35.6 Å². The van der Waals surface area contributed by atoms with E-state index in [1.165, 1.54) is 0 Å². The van der Waals surface area contributed by atoms with E-state index < -0.39 is 50.6 Å². The molecule has 0 saturated carbocycles. The van der Waals surface area contributed by atoms with E-state index in [0.29, 0.717) is 6.08 Å². The van der Waals surface area contributed by atoms with Gasteiger partial charge in [0.15, 0.2) is 5.78 Å². The van der Waals surface area contributed by atoms with Crippen LogP contribution < -0.4 is 5.73 Å². The van der Waals surface area contributed by atoms with Gasteiger partial charge in [-0.1, -0.05) is 6.58 Å². The maximum atomic E-state index is 11.8. The molecule has 2 atom stereocenters. The molecule has 120 valence electrons. The van der Waals surface area contributed by atoms with Gasteiger partial charge in [-0.05, 0) is 13.0 Å². The van der Waals surface area contributed by atoms with Gasteiger partial charge in [0.1, 0.15) is 5.25 Å². The maximum absolute atomic E-state index is 11.8. The Morgan fingerprint density at radius 1 is 1.32 bits per heavy atom. The number of nitrogens with two attached hydrogens (primary N) is 1. The molecule has 0 aromatic rings. The van der Waals surface area contributed by atoms with Gasteiger partial charge in [-0.2, -0.15) is 8.42 Å². The van der Waals surface area contributed by atoms with Gasteiger partial charge in [-0.15, -0.1) is 0 Å². The predicted octanol–water partition coefficient (Wildman–Crippen LogP) is -1.59. The van der Waals surface area contributed by atoms with Crippen LogP contribution in [0.1, 0.15) is 6.92 Å². The number of carbonyl (C=O) groups excluding carboxylic acids is 1. The van der Waals surface area contributed by atoms with Crippen molar-refractivity contribution < 1.29 is 37.6 Å². The Labute approximate surface area is 148 Å². The predicted molar refractivity (Wildman–Crippen MR) is 78.2 cm³/mol. The van der Waals surface area contributed by atoms with Crippen LogP contribution in [0.3, 0.4) is 0 Å². The number of hydrogen-bond donors (Lipinski definition) is 4. The number of rotatable bonds is 8. The van der Waals surface area contributed by atoms with Crippen molar-refractivity contribution in [3.63, 3.8) is 0 Å². The summed E-state index contributed by atoms with van der Waals surface area (Å²) in [5.41, 5.74) is 2.06. The molecule has 2 unspecified atom stereocenters. The van der Waals surface area contributed by atoms with Gasteiger partial charge in [-0.25, -0.2) is 9.59 Å². The van der Waals surface area contributed by atoms with Crippen LogP contribution in [0.15, 0.2) is 24.3 Å². The first-order valence-electron chi connectivity index (χ1n) is 5.42. The molecule has 0 fully saturated rings. The zero-order valence-electron chi connectivity index (χ0n) is 11.0. The van der Waals surface area contributed by atoms with Crippen LogP contribution in [0.2, 0.25) is 0 Å². The second-order valence-corrected chi connectivity index (χ2v) is 5.83. The summed E-state index contributed by atoms with van der Waals surface area (Å²) < 4.78 is 32.3. The van der Waals surface area contributed by atoms with Crippen LogP contribution in [0.4, 0.5) is 0 Å². The number of aliphatic carboxylic acids is 2. The monoisotopic (exact) mass is 345 g/mol. The fourth-order valence-electron chi connectivity index (χ4n) is 1.78. The number of carboxylic acids is 2. The molecule has 0 aliphatic rings. The quantitative estimate of drug-likeness (QED) is 0.230. The average molecular weight is 345 g/mol. The third-order valence-corrected chi connectivity index (χ3v) is 4.23. The van der Waals surface area contributed by atoms with Crippen molar-refractivity contribution in [1.82, 2.24) is 0 Å². The van der Waals surface area contributed by atoms with Crippen molar-refractivity contribution in [3.8, 4) is 0 Å². The molecular formula is C11H16NNaO8S. The second-order valence-electron chi connectivity index (χ2n) is 4.33. The molecule has 0 radical (unpaired) electrons. The summed E-state index contributed by atoms with van der Waals surface area (Å²) >= 11 is 0. The van der Waals surface area contributed by atoms with E-state index in [2.05, 4.69) is 6.58 Å². The molecule has 9 nitrogen and oxygen atoms in total. The SMILES string of the molecule is C=CC(=O)C(C)(CN)C(/C(=C/C(=O)O)C(=O)O)S(=O)(=O)O.[NaH]. The van der Waals surface area contributed by atoms with Crippen LogP contribution in [-0.2, 0) is 24.5 Å². The zero-order chi connectivity index (χ0) is 17.0. The summed E-state index contributed by atoms with van der Waals surface area (Å²) in [6.45, 7) is 3.47. The van der Waals surface area contributed by atoms with Gasteiger partial charge >= 0.3 is 41.5 Å². The van der Waals surface area contributed by atoms with Crippen LogP contribution in [-0.4, -0.2) is 82.3 Å². The zero-order valence-corrected chi connectivity index (χ0v) is 11.8. The molecule has 0 bridgehead atoms. The molecule has 0 aromatic heterocycles. The normalized spacial score (nSPS) is 15.9. The topological polar surface area (TPSA) is 172 Å². The molecule has 0 aliphatic carbocycles. The van der Waals surface area contributed by atoms with Crippen LogP contribution in [0.5, 0.6) is 0 Å². The Morgan fingerprint density at radius 3 is 2.00 bits per heavy atom. The van der Waals surface area contributed by atoms with Crippen molar-refractivity contribution in [2.24, 2.45) is 11.1 Å². The first-order valence-corrected chi connectivity index (χ1v) is 6.93. The molecule has 0 heterocycles. The van der Waals surface area contributed by atoms with Crippen molar-refractivity contribution in [2.45, 2.75) is 12.2 Å². The Morgan fingerprint density at radius 2 is 1.77 bits per heavy atom. The van der Waals surface area contributed by atoms with Crippen molar-refractivity contribution >= 4 is 57.4 Å². The Balaban J connectivity index is 0. The minimum absolute atomic E-state index is 0. The summed E-state index contributed by atoms with van der Waals surface area (Å²) in [7, 11) is -5.14. The van der Waals surface area contributed by atoms with E-state index in [1.807, 2.05) is 0 Å². The van der Waals surface area contributed by atoms with Gasteiger partial charge in [-0.3, -0.25) is 9.35 Å². The Bertz CT molecular complexity index is 612. The average Bonchev–Trinajstić information content (AvgIpc) is 2.34. The number of allylic oxidation sites excluding steroid dienone is 1. The summed E-state index contributed by atoms with van der Waals surface area (Å²) in [6.07, 6.45) is 0.802. The van der Waals surface area contributed by atoms with E-state index in [0.717, 1.165) is 6.92 Å². The van der Waals surface area contributed by atoms with E-state index in [1.54, 1.807) is 0 Å². The first kappa shape index (κ1) is 23.2. The molecule has 22 heavy (non-hydrogen) atoms. The second kappa shape index (κ2) is 8.56.